The zero-order chi connectivity index (χ0) is 9.40. The Morgan fingerprint density at radius 2 is 2.33 bits per heavy atom. The summed E-state index contributed by atoms with van der Waals surface area (Å²) in [5, 5.41) is 2.79. The molecule has 0 bridgehead atoms. The average molecular weight is 167 g/mol. The van der Waals surface area contributed by atoms with E-state index in [-0.39, 0.29) is 11.8 Å². The van der Waals surface area contributed by atoms with Gasteiger partial charge < -0.3 is 5.32 Å². The van der Waals surface area contributed by atoms with Gasteiger partial charge in [0.05, 0.1) is 0 Å². The molecule has 1 amide bonds. The summed E-state index contributed by atoms with van der Waals surface area (Å²) in [7, 11) is 0. The summed E-state index contributed by atoms with van der Waals surface area (Å²) in [5.41, 5.74) is 0. The maximum atomic E-state index is 11.2. The Labute approximate surface area is 74.7 Å². The van der Waals surface area contributed by atoms with E-state index in [0.29, 0.717) is 13.0 Å². The molecule has 0 aromatic rings. The Morgan fingerprint density at radius 1 is 1.67 bits per heavy atom. The molecular weight excluding hydrogens is 150 g/mol. The minimum Gasteiger partial charge on any atom is -0.355 e. The molecule has 0 aliphatic carbocycles. The zero-order valence-corrected chi connectivity index (χ0v) is 7.89. The maximum absolute atomic E-state index is 11.2. The van der Waals surface area contributed by atoms with Crippen molar-refractivity contribution in [2.24, 2.45) is 5.92 Å². The minimum atomic E-state index is 0.118. The molecule has 0 saturated heterocycles. The first-order valence-electron chi connectivity index (χ1n) is 4.43. The highest BCUT2D eigenvalue weighted by atomic mass is 16.1. The average Bonchev–Trinajstić information content (AvgIpc) is 2.05. The van der Waals surface area contributed by atoms with Crippen LogP contribution < -0.4 is 5.32 Å². The van der Waals surface area contributed by atoms with Crippen LogP contribution in [0.3, 0.4) is 0 Å². The third-order valence-corrected chi connectivity index (χ3v) is 1.74. The number of nitrogens with one attached hydrogen (secondary N) is 1. The van der Waals surface area contributed by atoms with Gasteiger partial charge in [-0.1, -0.05) is 20.3 Å². The quantitative estimate of drug-likeness (QED) is 0.488. The summed E-state index contributed by atoms with van der Waals surface area (Å²) in [6, 6.07) is 0. The molecule has 12 heavy (non-hydrogen) atoms. The first-order chi connectivity index (χ1) is 5.72. The van der Waals surface area contributed by atoms with E-state index in [2.05, 4.69) is 18.2 Å². The first kappa shape index (κ1) is 11.0. The van der Waals surface area contributed by atoms with E-state index >= 15 is 0 Å². The normalized spacial score (nSPS) is 11.8. The number of carbonyl (C=O) groups is 1. The molecule has 0 aromatic carbocycles. The predicted molar refractivity (Wildman–Crippen MR) is 50.5 cm³/mol. The maximum Gasteiger partial charge on any atom is 0.222 e. The monoisotopic (exact) mass is 167 g/mol. The fourth-order valence-electron chi connectivity index (χ4n) is 0.996. The van der Waals surface area contributed by atoms with Crippen molar-refractivity contribution in [2.45, 2.75) is 33.1 Å². The van der Waals surface area contributed by atoms with Gasteiger partial charge in [0.2, 0.25) is 5.91 Å². The Balaban J connectivity index is 3.51. The van der Waals surface area contributed by atoms with E-state index in [9.17, 15) is 4.79 Å². The number of terminal acetylenes is 1. The lowest BCUT2D eigenvalue weighted by Crippen LogP contribution is -2.29. The number of carbonyl (C=O) groups excluding carboxylic acids is 1. The van der Waals surface area contributed by atoms with Crippen molar-refractivity contribution in [3.05, 3.63) is 0 Å². The standard InChI is InChI=1S/C10H17NO/c1-4-6-8-11-10(12)9(3)7-5-2/h1,9H,5-8H2,2-3H3,(H,11,12). The molecule has 0 aliphatic rings. The third-order valence-electron chi connectivity index (χ3n) is 1.74. The molecule has 0 saturated carbocycles. The van der Waals surface area contributed by atoms with Crippen LogP contribution >= 0.6 is 0 Å². The largest absolute Gasteiger partial charge is 0.355 e. The molecular formula is C10H17NO. The number of rotatable bonds is 5. The van der Waals surface area contributed by atoms with Gasteiger partial charge in [-0.2, -0.15) is 0 Å². The van der Waals surface area contributed by atoms with Crippen molar-refractivity contribution in [1.29, 1.82) is 0 Å². The highest BCUT2D eigenvalue weighted by Gasteiger charge is 2.09. The van der Waals surface area contributed by atoms with E-state index in [4.69, 9.17) is 6.42 Å². The van der Waals surface area contributed by atoms with Crippen LogP contribution in [0.25, 0.3) is 0 Å². The summed E-state index contributed by atoms with van der Waals surface area (Å²) >= 11 is 0. The van der Waals surface area contributed by atoms with E-state index < -0.39 is 0 Å². The molecule has 0 heterocycles. The van der Waals surface area contributed by atoms with E-state index in [0.717, 1.165) is 12.8 Å². The van der Waals surface area contributed by atoms with Crippen molar-refractivity contribution in [3.63, 3.8) is 0 Å². The fourth-order valence-corrected chi connectivity index (χ4v) is 0.996. The van der Waals surface area contributed by atoms with Gasteiger partial charge in [-0.25, -0.2) is 0 Å². The fraction of sp³-hybridized carbons (Fsp3) is 0.700. The van der Waals surface area contributed by atoms with Gasteiger partial charge in [0.25, 0.3) is 0 Å². The van der Waals surface area contributed by atoms with Crippen molar-refractivity contribution < 1.29 is 4.79 Å². The second-order valence-corrected chi connectivity index (χ2v) is 2.93. The molecule has 0 spiro atoms. The Hall–Kier alpha value is -0.970. The highest BCUT2D eigenvalue weighted by Crippen LogP contribution is 2.03. The highest BCUT2D eigenvalue weighted by molar-refractivity contribution is 5.78. The lowest BCUT2D eigenvalue weighted by atomic mass is 10.1. The number of hydrogen-bond acceptors (Lipinski definition) is 1. The summed E-state index contributed by atoms with van der Waals surface area (Å²) in [5.74, 6) is 2.72. The molecule has 2 nitrogen and oxygen atoms in total. The molecule has 0 aliphatic heterocycles. The lowest BCUT2D eigenvalue weighted by molar-refractivity contribution is -0.124. The van der Waals surface area contributed by atoms with Crippen molar-refractivity contribution >= 4 is 5.91 Å². The van der Waals surface area contributed by atoms with Crippen LogP contribution in [0.4, 0.5) is 0 Å². The Bertz CT molecular complexity index is 169. The van der Waals surface area contributed by atoms with Crippen LogP contribution in [-0.4, -0.2) is 12.5 Å². The molecule has 2 heteroatoms. The minimum absolute atomic E-state index is 0.118. The van der Waals surface area contributed by atoms with Gasteiger partial charge in [-0.3, -0.25) is 4.79 Å². The van der Waals surface area contributed by atoms with Gasteiger partial charge in [0, 0.05) is 18.9 Å². The van der Waals surface area contributed by atoms with Crippen LogP contribution in [0, 0.1) is 18.3 Å². The van der Waals surface area contributed by atoms with Crippen LogP contribution in [0.2, 0.25) is 0 Å². The van der Waals surface area contributed by atoms with Gasteiger partial charge in [-0.15, -0.1) is 12.3 Å². The molecule has 0 rings (SSSR count). The predicted octanol–water partition coefficient (Wildman–Crippen LogP) is 1.56. The van der Waals surface area contributed by atoms with Gasteiger partial charge in [0.1, 0.15) is 0 Å². The second-order valence-electron chi connectivity index (χ2n) is 2.93. The molecule has 0 aromatic heterocycles. The smallest absolute Gasteiger partial charge is 0.222 e. The first-order valence-corrected chi connectivity index (χ1v) is 4.43. The summed E-state index contributed by atoms with van der Waals surface area (Å²) in [4.78, 5) is 11.2. The van der Waals surface area contributed by atoms with Crippen LogP contribution in [0.1, 0.15) is 33.1 Å². The summed E-state index contributed by atoms with van der Waals surface area (Å²) in [6.07, 6.45) is 7.66. The molecule has 0 radical (unpaired) electrons. The van der Waals surface area contributed by atoms with Crippen molar-refractivity contribution in [3.8, 4) is 12.3 Å². The van der Waals surface area contributed by atoms with Crippen LogP contribution in [0.5, 0.6) is 0 Å². The van der Waals surface area contributed by atoms with Gasteiger partial charge in [0.15, 0.2) is 0 Å². The Morgan fingerprint density at radius 3 is 2.83 bits per heavy atom. The summed E-state index contributed by atoms with van der Waals surface area (Å²) in [6.45, 7) is 4.61. The van der Waals surface area contributed by atoms with E-state index in [1.807, 2.05) is 6.92 Å². The molecule has 1 atom stereocenters. The van der Waals surface area contributed by atoms with Crippen molar-refractivity contribution in [1.82, 2.24) is 5.32 Å². The van der Waals surface area contributed by atoms with Crippen LogP contribution in [-0.2, 0) is 4.79 Å². The molecule has 0 fully saturated rings. The topological polar surface area (TPSA) is 29.1 Å². The van der Waals surface area contributed by atoms with Gasteiger partial charge in [-0.05, 0) is 6.42 Å². The molecule has 1 unspecified atom stereocenters. The van der Waals surface area contributed by atoms with Crippen LogP contribution in [0.15, 0.2) is 0 Å². The zero-order valence-electron chi connectivity index (χ0n) is 7.89. The second kappa shape index (κ2) is 6.72. The number of amides is 1. The molecule has 1 N–H and O–H groups in total. The lowest BCUT2D eigenvalue weighted by Gasteiger charge is -2.09. The van der Waals surface area contributed by atoms with E-state index in [1.165, 1.54) is 0 Å². The Kier molecular flexibility index (Phi) is 6.18. The summed E-state index contributed by atoms with van der Waals surface area (Å²) < 4.78 is 0. The SMILES string of the molecule is C#CCCNC(=O)C(C)CCC. The van der Waals surface area contributed by atoms with Gasteiger partial charge >= 0.3 is 0 Å². The van der Waals surface area contributed by atoms with E-state index in [1.54, 1.807) is 0 Å². The third kappa shape index (κ3) is 4.79. The van der Waals surface area contributed by atoms with Crippen molar-refractivity contribution in [2.75, 3.05) is 6.54 Å². The molecule has 68 valence electrons. The number of hydrogen-bond donors (Lipinski definition) is 1.